The second-order valence-corrected chi connectivity index (χ2v) is 12.5. The Bertz CT molecular complexity index is 1990. The number of pyridine rings is 2. The van der Waals surface area contributed by atoms with Crippen molar-refractivity contribution in [2.45, 2.75) is 38.6 Å². The van der Waals surface area contributed by atoms with Crippen LogP contribution in [0.25, 0.3) is 55.8 Å². The summed E-state index contributed by atoms with van der Waals surface area (Å²) in [6.45, 7) is 6.79. The van der Waals surface area contributed by atoms with E-state index in [9.17, 15) is 4.39 Å². The van der Waals surface area contributed by atoms with Crippen LogP contribution in [0, 0.1) is 5.82 Å². The molecule has 0 amide bonds. The number of H-pyrrole nitrogens is 2. The fraction of sp³-hybridized carbons (Fsp3) is 0.333. The van der Waals surface area contributed by atoms with Crippen LogP contribution in [0.5, 0.6) is 5.75 Å². The molecule has 0 bridgehead atoms. The Morgan fingerprint density at radius 3 is 2.57 bits per heavy atom. The van der Waals surface area contributed by atoms with Crippen LogP contribution in [-0.2, 0) is 6.54 Å². The molecule has 9 nitrogen and oxygen atoms in total. The Balaban J connectivity index is 1.08. The van der Waals surface area contributed by atoms with E-state index < -0.39 is 0 Å². The molecule has 4 aromatic heterocycles. The predicted molar refractivity (Wildman–Crippen MR) is 178 cm³/mol. The molecule has 2 aliphatic rings. The van der Waals surface area contributed by atoms with Crippen LogP contribution in [0.1, 0.15) is 37.7 Å². The van der Waals surface area contributed by atoms with Gasteiger partial charge in [-0.2, -0.15) is 5.10 Å². The number of fused-ring (bicyclic) bond motifs is 2. The lowest BCUT2D eigenvalue weighted by molar-refractivity contribution is 0.220. The summed E-state index contributed by atoms with van der Waals surface area (Å²) in [5, 5.41) is 8.73. The minimum absolute atomic E-state index is 0.348. The van der Waals surface area contributed by atoms with Crippen molar-refractivity contribution in [3.05, 3.63) is 78.5 Å². The van der Waals surface area contributed by atoms with Gasteiger partial charge in [0.25, 0.3) is 0 Å². The molecule has 2 saturated heterocycles. The third-order valence-electron chi connectivity index (χ3n) is 9.22. The molecule has 0 aliphatic carbocycles. The molecule has 0 atom stereocenters. The molecule has 234 valence electrons. The maximum Gasteiger partial charge on any atom is 0.178 e. The number of halogens is 1. The molecule has 46 heavy (non-hydrogen) atoms. The van der Waals surface area contributed by atoms with E-state index in [4.69, 9.17) is 9.72 Å². The van der Waals surface area contributed by atoms with Gasteiger partial charge in [-0.25, -0.2) is 14.4 Å². The van der Waals surface area contributed by atoms with Gasteiger partial charge in [-0.3, -0.25) is 19.9 Å². The first kappa shape index (κ1) is 28.8. The summed E-state index contributed by atoms with van der Waals surface area (Å²) >= 11 is 0. The number of aromatic nitrogens is 6. The third-order valence-corrected chi connectivity index (χ3v) is 9.22. The lowest BCUT2D eigenvalue weighted by Gasteiger charge is -2.26. The lowest BCUT2D eigenvalue weighted by Crippen LogP contribution is -2.29. The van der Waals surface area contributed by atoms with Gasteiger partial charge < -0.3 is 9.72 Å². The monoisotopic (exact) mass is 616 g/mol. The van der Waals surface area contributed by atoms with E-state index in [1.54, 1.807) is 6.20 Å². The van der Waals surface area contributed by atoms with Crippen LogP contribution in [0.2, 0.25) is 0 Å². The molecule has 8 rings (SSSR count). The highest BCUT2D eigenvalue weighted by Gasteiger charge is 2.18. The van der Waals surface area contributed by atoms with Crippen molar-refractivity contribution in [3.8, 4) is 39.5 Å². The maximum atomic E-state index is 14.8. The van der Waals surface area contributed by atoms with Crippen molar-refractivity contribution < 1.29 is 9.13 Å². The molecule has 2 N–H and O–H groups in total. The Morgan fingerprint density at radius 2 is 1.67 bits per heavy atom. The molecule has 2 aromatic carbocycles. The van der Waals surface area contributed by atoms with Gasteiger partial charge in [-0.1, -0.05) is 12.5 Å². The largest absolute Gasteiger partial charge is 0.492 e. The molecule has 0 saturated carbocycles. The fourth-order valence-electron chi connectivity index (χ4n) is 6.85. The number of hydrogen-bond donors (Lipinski definition) is 2. The van der Waals surface area contributed by atoms with Gasteiger partial charge in [0.15, 0.2) is 11.5 Å². The van der Waals surface area contributed by atoms with Crippen molar-refractivity contribution in [1.29, 1.82) is 0 Å². The van der Waals surface area contributed by atoms with Crippen LogP contribution in [-0.4, -0.2) is 79.3 Å². The van der Waals surface area contributed by atoms with Crippen LogP contribution in [0.4, 0.5) is 4.39 Å². The number of imidazole rings is 1. The fourth-order valence-corrected chi connectivity index (χ4v) is 6.85. The number of ether oxygens (including phenoxy) is 1. The van der Waals surface area contributed by atoms with E-state index in [0.29, 0.717) is 40.6 Å². The van der Waals surface area contributed by atoms with Crippen LogP contribution in [0.15, 0.2) is 67.1 Å². The molecule has 6 heterocycles. The van der Waals surface area contributed by atoms with Gasteiger partial charge in [-0.05, 0) is 105 Å². The summed E-state index contributed by atoms with van der Waals surface area (Å²) in [5.74, 6) is 0.756. The normalized spacial score (nSPS) is 16.1. The number of hydrogen-bond acceptors (Lipinski definition) is 7. The van der Waals surface area contributed by atoms with E-state index >= 15 is 0 Å². The zero-order chi connectivity index (χ0) is 30.9. The minimum Gasteiger partial charge on any atom is -0.492 e. The van der Waals surface area contributed by atoms with Crippen molar-refractivity contribution in [3.63, 3.8) is 0 Å². The van der Waals surface area contributed by atoms with E-state index in [0.717, 1.165) is 66.9 Å². The number of piperidine rings is 1. The summed E-state index contributed by atoms with van der Waals surface area (Å²) in [5.41, 5.74) is 7.71. The molecule has 0 radical (unpaired) electrons. The summed E-state index contributed by atoms with van der Waals surface area (Å²) < 4.78 is 20.8. The van der Waals surface area contributed by atoms with Crippen molar-refractivity contribution in [2.24, 2.45) is 0 Å². The molecule has 2 aliphatic heterocycles. The number of benzene rings is 2. The van der Waals surface area contributed by atoms with Crippen molar-refractivity contribution in [2.75, 3.05) is 39.3 Å². The van der Waals surface area contributed by atoms with E-state index in [1.165, 1.54) is 49.8 Å². The summed E-state index contributed by atoms with van der Waals surface area (Å²) in [4.78, 5) is 22.2. The topological polar surface area (TPSA) is 98.8 Å². The number of aromatic amines is 2. The van der Waals surface area contributed by atoms with E-state index in [1.807, 2.05) is 30.6 Å². The third kappa shape index (κ3) is 5.98. The van der Waals surface area contributed by atoms with E-state index in [-0.39, 0.29) is 5.82 Å². The highest BCUT2D eigenvalue weighted by Crippen LogP contribution is 2.34. The first-order valence-electron chi connectivity index (χ1n) is 16.3. The van der Waals surface area contributed by atoms with E-state index in [2.05, 4.69) is 53.1 Å². The summed E-state index contributed by atoms with van der Waals surface area (Å²) in [7, 11) is 0. The second kappa shape index (κ2) is 12.6. The van der Waals surface area contributed by atoms with Crippen LogP contribution < -0.4 is 4.74 Å². The highest BCUT2D eigenvalue weighted by atomic mass is 19.1. The number of nitrogens with one attached hydrogen (secondary N) is 2. The van der Waals surface area contributed by atoms with Gasteiger partial charge in [0, 0.05) is 54.3 Å². The molecule has 0 spiro atoms. The Kier molecular flexibility index (Phi) is 7.89. The van der Waals surface area contributed by atoms with Gasteiger partial charge in [0.1, 0.15) is 23.9 Å². The molecular formula is C36H37FN8O. The SMILES string of the molecule is Fc1cc(OCCN2CCCC2)cc(-c2ccnc3nc(-c4n[nH]c5ccc(-c6cncc(CN7CCCCC7)c6)cc45)[nH]c23)c1. The van der Waals surface area contributed by atoms with Gasteiger partial charge in [0.05, 0.1) is 11.0 Å². The average Bonchev–Trinajstić information content (AvgIpc) is 3.85. The zero-order valence-corrected chi connectivity index (χ0v) is 25.8. The maximum absolute atomic E-state index is 14.8. The quantitative estimate of drug-likeness (QED) is 0.184. The van der Waals surface area contributed by atoms with Crippen molar-refractivity contribution >= 4 is 22.1 Å². The predicted octanol–water partition coefficient (Wildman–Crippen LogP) is 6.83. The Morgan fingerprint density at radius 1 is 0.826 bits per heavy atom. The number of rotatable bonds is 9. The molecule has 6 aromatic rings. The standard InChI is InChI=1S/C36H37FN8O/c37-28-17-26(18-29(20-28)46-15-14-44-10-4-5-11-44)30-8-9-39-35-33(30)40-36(41-35)34-31-19-25(6-7-32(31)42-43-34)27-16-24(21-38-22-27)23-45-12-2-1-3-13-45/h6-9,16-22H,1-5,10-15,23H2,(H,42,43)(H,39,40,41). The smallest absolute Gasteiger partial charge is 0.178 e. The summed E-state index contributed by atoms with van der Waals surface area (Å²) in [6.07, 6.45) is 11.9. The Hall–Kier alpha value is -4.67. The molecule has 10 heteroatoms. The molecule has 2 fully saturated rings. The highest BCUT2D eigenvalue weighted by molar-refractivity contribution is 5.97. The molecule has 0 unspecified atom stereocenters. The Labute approximate surface area is 266 Å². The van der Waals surface area contributed by atoms with Gasteiger partial charge in [0.2, 0.25) is 0 Å². The van der Waals surface area contributed by atoms with Crippen LogP contribution in [0.3, 0.4) is 0 Å². The zero-order valence-electron chi connectivity index (χ0n) is 25.8. The lowest BCUT2D eigenvalue weighted by atomic mass is 10.0. The first-order chi connectivity index (χ1) is 22.7. The van der Waals surface area contributed by atoms with Crippen LogP contribution >= 0.6 is 0 Å². The number of nitrogens with zero attached hydrogens (tertiary/aromatic N) is 6. The minimum atomic E-state index is -0.348. The number of likely N-dealkylation sites (tertiary alicyclic amines) is 2. The van der Waals surface area contributed by atoms with Gasteiger partial charge in [-0.15, -0.1) is 0 Å². The summed E-state index contributed by atoms with van der Waals surface area (Å²) in [6, 6.07) is 15.2. The second-order valence-electron chi connectivity index (χ2n) is 12.5. The van der Waals surface area contributed by atoms with Crippen molar-refractivity contribution in [1.82, 2.24) is 39.9 Å². The van der Waals surface area contributed by atoms with Gasteiger partial charge >= 0.3 is 0 Å². The average molecular weight is 617 g/mol. The molecular weight excluding hydrogens is 579 g/mol. The first-order valence-corrected chi connectivity index (χ1v) is 16.3.